The molecular formula is C23H23N3O3. The van der Waals surface area contributed by atoms with Crippen LogP contribution in [0.5, 0.6) is 0 Å². The lowest BCUT2D eigenvalue weighted by Crippen LogP contribution is -2.09. The molecule has 4 rings (SSSR count). The second-order valence-electron chi connectivity index (χ2n) is 7.04. The van der Waals surface area contributed by atoms with Crippen molar-refractivity contribution in [1.82, 2.24) is 4.98 Å². The third-order valence-corrected chi connectivity index (χ3v) is 4.92. The fourth-order valence-corrected chi connectivity index (χ4v) is 3.55. The van der Waals surface area contributed by atoms with Gasteiger partial charge in [0.15, 0.2) is 11.3 Å². The standard InChI is InChI=1S/C23H23N3O3/c1-3-24-17-12-20-19(11-14(17)2)26-23-16-8-5-4-7-15(16)18(13-21(23)29-20)25-10-6-9-22(27)28/h4-5,7-8,11-13,25H,3,6,9-10H2,1-2H3,(H,27,28). The summed E-state index contributed by atoms with van der Waals surface area (Å²) in [6.07, 6.45) is 0.689. The van der Waals surface area contributed by atoms with Crippen LogP contribution < -0.4 is 10.7 Å². The number of aliphatic carboxylic acids is 1. The Morgan fingerprint density at radius 2 is 2.00 bits per heavy atom. The second kappa shape index (κ2) is 7.91. The number of benzene rings is 3. The second-order valence-corrected chi connectivity index (χ2v) is 7.04. The summed E-state index contributed by atoms with van der Waals surface area (Å²) in [6.45, 7) is 5.32. The predicted octanol–water partition coefficient (Wildman–Crippen LogP) is 4.59. The largest absolute Gasteiger partial charge is 0.481 e. The van der Waals surface area contributed by atoms with Crippen molar-refractivity contribution in [3.63, 3.8) is 0 Å². The van der Waals surface area contributed by atoms with Gasteiger partial charge in [0.2, 0.25) is 0 Å². The molecule has 0 bridgehead atoms. The van der Waals surface area contributed by atoms with Gasteiger partial charge in [-0.1, -0.05) is 24.3 Å². The minimum Gasteiger partial charge on any atom is -0.481 e. The zero-order valence-electron chi connectivity index (χ0n) is 16.5. The number of carbonyl (C=O) groups is 1. The van der Waals surface area contributed by atoms with E-state index in [4.69, 9.17) is 14.5 Å². The van der Waals surface area contributed by atoms with Crippen molar-refractivity contribution in [3.8, 4) is 11.5 Å². The number of anilines is 1. The number of aromatic nitrogens is 1. The molecule has 0 radical (unpaired) electrons. The van der Waals surface area contributed by atoms with E-state index in [2.05, 4.69) is 10.3 Å². The van der Waals surface area contributed by atoms with Gasteiger partial charge in [0.25, 0.3) is 0 Å². The molecule has 2 aliphatic rings. The molecule has 0 fully saturated rings. The van der Waals surface area contributed by atoms with Gasteiger partial charge in [-0.2, -0.15) is 0 Å². The summed E-state index contributed by atoms with van der Waals surface area (Å²) in [7, 11) is 0. The number of hydrogen-bond donors (Lipinski definition) is 2. The molecule has 2 aromatic carbocycles. The molecule has 1 aliphatic heterocycles. The highest BCUT2D eigenvalue weighted by Gasteiger charge is 2.15. The number of nitrogens with zero attached hydrogens (tertiary/aromatic N) is 2. The summed E-state index contributed by atoms with van der Waals surface area (Å²) < 4.78 is 6.22. The SMILES string of the molecule is CCN=c1cc2oc3cc(NCCCC(=O)O)c4ccccc4c3nc-2cc1C. The van der Waals surface area contributed by atoms with Crippen LogP contribution in [0.2, 0.25) is 0 Å². The van der Waals surface area contributed by atoms with Crippen molar-refractivity contribution in [2.75, 3.05) is 18.4 Å². The topological polar surface area (TPSA) is 87.7 Å². The van der Waals surface area contributed by atoms with Crippen LogP contribution >= 0.6 is 0 Å². The zero-order valence-corrected chi connectivity index (χ0v) is 16.5. The predicted molar refractivity (Wildman–Crippen MR) is 114 cm³/mol. The summed E-state index contributed by atoms with van der Waals surface area (Å²) in [5.41, 5.74) is 4.28. The van der Waals surface area contributed by atoms with Gasteiger partial charge in [-0.25, -0.2) is 4.98 Å². The molecule has 0 saturated heterocycles. The third-order valence-electron chi connectivity index (χ3n) is 4.92. The van der Waals surface area contributed by atoms with Crippen LogP contribution in [-0.4, -0.2) is 29.1 Å². The maximum Gasteiger partial charge on any atom is 0.303 e. The van der Waals surface area contributed by atoms with Gasteiger partial charge in [0, 0.05) is 48.1 Å². The zero-order chi connectivity index (χ0) is 20.4. The van der Waals surface area contributed by atoms with E-state index in [-0.39, 0.29) is 6.42 Å². The van der Waals surface area contributed by atoms with Gasteiger partial charge in [0.1, 0.15) is 11.2 Å². The number of aryl methyl sites for hydroxylation is 1. The molecule has 6 heteroatoms. The molecule has 0 unspecified atom stereocenters. The maximum absolute atomic E-state index is 10.8. The number of carboxylic acid groups (broad SMARTS) is 1. The quantitative estimate of drug-likeness (QED) is 0.286. The number of nitrogens with one attached hydrogen (secondary N) is 1. The summed E-state index contributed by atoms with van der Waals surface area (Å²) in [4.78, 5) is 20.2. The van der Waals surface area contributed by atoms with Crippen molar-refractivity contribution < 1.29 is 14.3 Å². The molecule has 0 atom stereocenters. The lowest BCUT2D eigenvalue weighted by atomic mass is 10.1. The van der Waals surface area contributed by atoms with E-state index in [0.717, 1.165) is 38.6 Å². The molecule has 29 heavy (non-hydrogen) atoms. The average Bonchev–Trinajstić information content (AvgIpc) is 2.71. The van der Waals surface area contributed by atoms with Crippen LogP contribution in [0.4, 0.5) is 5.69 Å². The van der Waals surface area contributed by atoms with Crippen molar-refractivity contribution in [2.45, 2.75) is 26.7 Å². The number of carboxylic acids is 1. The number of hydrogen-bond acceptors (Lipinski definition) is 5. The molecule has 1 aliphatic carbocycles. The molecule has 1 heterocycles. The Bertz CT molecular complexity index is 1240. The van der Waals surface area contributed by atoms with Gasteiger partial charge >= 0.3 is 5.97 Å². The molecule has 148 valence electrons. The highest BCUT2D eigenvalue weighted by molar-refractivity contribution is 6.10. The van der Waals surface area contributed by atoms with Crippen LogP contribution in [0.1, 0.15) is 25.3 Å². The minimum absolute atomic E-state index is 0.137. The molecule has 0 amide bonds. The summed E-state index contributed by atoms with van der Waals surface area (Å²) in [6, 6.07) is 13.9. The Morgan fingerprint density at radius 1 is 1.21 bits per heavy atom. The van der Waals surface area contributed by atoms with Crippen LogP contribution in [0.3, 0.4) is 0 Å². The fraction of sp³-hybridized carbons (Fsp3) is 0.261. The Morgan fingerprint density at radius 3 is 2.76 bits per heavy atom. The van der Waals surface area contributed by atoms with Crippen molar-refractivity contribution in [2.24, 2.45) is 4.99 Å². The fourth-order valence-electron chi connectivity index (χ4n) is 3.55. The van der Waals surface area contributed by atoms with Crippen molar-refractivity contribution >= 4 is 33.5 Å². The van der Waals surface area contributed by atoms with E-state index in [1.807, 2.05) is 56.3 Å². The van der Waals surface area contributed by atoms with Gasteiger partial charge in [-0.15, -0.1) is 0 Å². The Labute approximate surface area is 168 Å². The lowest BCUT2D eigenvalue weighted by molar-refractivity contribution is -0.137. The summed E-state index contributed by atoms with van der Waals surface area (Å²) in [5.74, 6) is -0.0909. The number of rotatable bonds is 6. The van der Waals surface area contributed by atoms with Gasteiger partial charge in [0.05, 0.1) is 5.36 Å². The molecule has 0 aromatic heterocycles. The highest BCUT2D eigenvalue weighted by Crippen LogP contribution is 2.34. The molecular weight excluding hydrogens is 366 g/mol. The van der Waals surface area contributed by atoms with Gasteiger partial charge in [-0.3, -0.25) is 9.79 Å². The van der Waals surface area contributed by atoms with Crippen LogP contribution in [0.25, 0.3) is 33.3 Å². The highest BCUT2D eigenvalue weighted by atomic mass is 16.4. The monoisotopic (exact) mass is 389 g/mol. The van der Waals surface area contributed by atoms with Crippen LogP contribution in [0.15, 0.2) is 51.9 Å². The Balaban J connectivity index is 1.87. The van der Waals surface area contributed by atoms with Crippen LogP contribution in [0, 0.1) is 6.92 Å². The van der Waals surface area contributed by atoms with E-state index in [1.165, 1.54) is 0 Å². The van der Waals surface area contributed by atoms with E-state index >= 15 is 0 Å². The number of fused-ring (bicyclic) bond motifs is 4. The molecule has 2 aromatic rings. The van der Waals surface area contributed by atoms with Gasteiger partial charge < -0.3 is 14.8 Å². The van der Waals surface area contributed by atoms with E-state index in [1.54, 1.807) is 0 Å². The summed E-state index contributed by atoms with van der Waals surface area (Å²) >= 11 is 0. The first-order valence-corrected chi connectivity index (χ1v) is 9.80. The molecule has 0 spiro atoms. The van der Waals surface area contributed by atoms with E-state index in [0.29, 0.717) is 30.9 Å². The molecule has 6 nitrogen and oxygen atoms in total. The average molecular weight is 389 g/mol. The lowest BCUT2D eigenvalue weighted by Gasteiger charge is -2.14. The van der Waals surface area contributed by atoms with E-state index in [9.17, 15) is 4.79 Å². The normalized spacial score (nSPS) is 12.1. The Kier molecular flexibility index (Phi) is 5.16. The van der Waals surface area contributed by atoms with E-state index < -0.39 is 5.97 Å². The maximum atomic E-state index is 10.8. The van der Waals surface area contributed by atoms with Crippen molar-refractivity contribution in [1.29, 1.82) is 0 Å². The van der Waals surface area contributed by atoms with Crippen molar-refractivity contribution in [3.05, 3.63) is 53.4 Å². The first-order valence-electron chi connectivity index (χ1n) is 9.80. The first kappa shape index (κ1) is 18.9. The first-order chi connectivity index (χ1) is 14.1. The van der Waals surface area contributed by atoms with Gasteiger partial charge in [-0.05, 0) is 31.9 Å². The molecule has 0 saturated carbocycles. The minimum atomic E-state index is -0.788. The smallest absolute Gasteiger partial charge is 0.303 e. The Hall–Kier alpha value is -3.41. The summed E-state index contributed by atoms with van der Waals surface area (Å²) in [5, 5.41) is 15.1. The molecule has 2 N–H and O–H groups in total. The van der Waals surface area contributed by atoms with Crippen LogP contribution in [-0.2, 0) is 4.79 Å². The third kappa shape index (κ3) is 3.78.